The molecule has 1 N–H and O–H groups in total. The Morgan fingerprint density at radius 2 is 2.17 bits per heavy atom. The highest BCUT2D eigenvalue weighted by Crippen LogP contribution is 2.19. The Bertz CT molecular complexity index is 312. The second-order valence-electron chi connectivity index (χ2n) is 2.36. The summed E-state index contributed by atoms with van der Waals surface area (Å²) < 4.78 is 0. The number of carbonyl (C=O) groups excluding carboxylic acids is 1. The second-order valence-corrected chi connectivity index (χ2v) is 3.11. The third-order valence-electron chi connectivity index (χ3n) is 1.40. The van der Waals surface area contributed by atoms with E-state index in [2.05, 4.69) is 5.32 Å². The molecule has 2 nitrogen and oxygen atoms in total. The van der Waals surface area contributed by atoms with Crippen LogP contribution in [0.5, 0.6) is 0 Å². The number of benzene rings is 1. The Morgan fingerprint density at radius 3 is 2.67 bits per heavy atom. The summed E-state index contributed by atoms with van der Waals surface area (Å²) in [5, 5.41) is 2.51. The molecular weight excluding hydrogens is 197 g/mol. The van der Waals surface area contributed by atoms with E-state index >= 15 is 0 Å². The van der Waals surface area contributed by atoms with Crippen molar-refractivity contribution in [3.8, 4) is 0 Å². The number of nitrogens with one attached hydrogen (secondary N) is 1. The maximum atomic E-state index is 10.4. The highest BCUT2D eigenvalue weighted by atomic mass is 35.5. The fourth-order valence-electron chi connectivity index (χ4n) is 0.836. The first-order valence-corrected chi connectivity index (χ1v) is 4.08. The number of amides is 1. The van der Waals surface area contributed by atoms with Crippen molar-refractivity contribution in [3.63, 3.8) is 0 Å². The van der Waals surface area contributed by atoms with Crippen LogP contribution in [0.25, 0.3) is 0 Å². The van der Waals surface area contributed by atoms with Gasteiger partial charge >= 0.3 is 5.37 Å². The van der Waals surface area contributed by atoms with Crippen molar-refractivity contribution in [3.05, 3.63) is 28.8 Å². The lowest BCUT2D eigenvalue weighted by molar-refractivity contribution is 0.269. The van der Waals surface area contributed by atoms with Crippen LogP contribution in [-0.4, -0.2) is 5.37 Å². The molecule has 0 saturated heterocycles. The number of halogens is 2. The number of carbonyl (C=O) groups is 1. The summed E-state index contributed by atoms with van der Waals surface area (Å²) in [5.41, 5.74) is 1.55. The Balaban J connectivity index is 2.89. The lowest BCUT2D eigenvalue weighted by Gasteiger charge is -2.02. The monoisotopic (exact) mass is 203 g/mol. The minimum absolute atomic E-state index is 0.600. The van der Waals surface area contributed by atoms with Crippen molar-refractivity contribution in [2.24, 2.45) is 0 Å². The zero-order chi connectivity index (χ0) is 9.14. The fourth-order valence-corrected chi connectivity index (χ4v) is 1.06. The van der Waals surface area contributed by atoms with Gasteiger partial charge in [-0.1, -0.05) is 11.6 Å². The molecule has 12 heavy (non-hydrogen) atoms. The van der Waals surface area contributed by atoms with Crippen molar-refractivity contribution >= 4 is 34.3 Å². The molecule has 0 bridgehead atoms. The minimum atomic E-state index is -0.600. The maximum Gasteiger partial charge on any atom is 0.318 e. The quantitative estimate of drug-likeness (QED) is 0.551. The Kier molecular flexibility index (Phi) is 2.95. The predicted octanol–water partition coefficient (Wildman–Crippen LogP) is 3.42. The summed E-state index contributed by atoms with van der Waals surface area (Å²) in [6.07, 6.45) is 0. The lowest BCUT2D eigenvalue weighted by atomic mass is 10.2. The number of hydrogen-bond acceptors (Lipinski definition) is 1. The topological polar surface area (TPSA) is 29.1 Å². The van der Waals surface area contributed by atoms with E-state index in [1.807, 2.05) is 6.92 Å². The number of anilines is 1. The van der Waals surface area contributed by atoms with Crippen molar-refractivity contribution < 1.29 is 4.79 Å². The van der Waals surface area contributed by atoms with Crippen LogP contribution in [-0.2, 0) is 0 Å². The minimum Gasteiger partial charge on any atom is -0.312 e. The molecule has 0 radical (unpaired) electrons. The van der Waals surface area contributed by atoms with Crippen molar-refractivity contribution in [1.82, 2.24) is 0 Å². The normalized spacial score (nSPS) is 9.58. The van der Waals surface area contributed by atoms with Crippen LogP contribution in [0, 0.1) is 6.92 Å². The molecule has 0 atom stereocenters. The van der Waals surface area contributed by atoms with E-state index < -0.39 is 5.37 Å². The number of hydrogen-bond donors (Lipinski definition) is 1. The zero-order valence-corrected chi connectivity index (χ0v) is 7.91. The van der Waals surface area contributed by atoms with E-state index in [4.69, 9.17) is 23.2 Å². The summed E-state index contributed by atoms with van der Waals surface area (Å²) >= 11 is 10.9. The van der Waals surface area contributed by atoms with Gasteiger partial charge < -0.3 is 5.32 Å². The highest BCUT2D eigenvalue weighted by Gasteiger charge is 1.99. The van der Waals surface area contributed by atoms with Crippen LogP contribution >= 0.6 is 23.2 Å². The summed E-state index contributed by atoms with van der Waals surface area (Å²) in [5.74, 6) is 0. The molecule has 1 rings (SSSR count). The summed E-state index contributed by atoms with van der Waals surface area (Å²) in [4.78, 5) is 10.4. The smallest absolute Gasteiger partial charge is 0.312 e. The second kappa shape index (κ2) is 3.78. The van der Waals surface area contributed by atoms with Gasteiger partial charge in [-0.05, 0) is 42.3 Å². The van der Waals surface area contributed by atoms with E-state index in [1.165, 1.54) is 0 Å². The molecule has 1 aromatic carbocycles. The number of rotatable bonds is 1. The maximum absolute atomic E-state index is 10.4. The van der Waals surface area contributed by atoms with E-state index in [9.17, 15) is 4.79 Å². The van der Waals surface area contributed by atoms with Gasteiger partial charge in [0.25, 0.3) is 0 Å². The molecule has 0 saturated carbocycles. The van der Waals surface area contributed by atoms with Gasteiger partial charge in [0.2, 0.25) is 0 Å². The Labute approximate surface area is 80.5 Å². The van der Waals surface area contributed by atoms with E-state index in [0.717, 1.165) is 5.56 Å². The average Bonchev–Trinajstić information content (AvgIpc) is 1.96. The standard InChI is InChI=1S/C8H7Cl2NO/c1-5-4-6(11-8(10)12)2-3-7(5)9/h2-4H,1H3,(H,11,12). The molecular formula is C8H7Cl2NO. The third-order valence-corrected chi connectivity index (χ3v) is 1.92. The molecule has 0 unspecified atom stereocenters. The zero-order valence-electron chi connectivity index (χ0n) is 6.40. The Morgan fingerprint density at radius 1 is 1.50 bits per heavy atom. The highest BCUT2D eigenvalue weighted by molar-refractivity contribution is 6.65. The van der Waals surface area contributed by atoms with Crippen LogP contribution in [0.15, 0.2) is 18.2 Å². The molecule has 4 heteroatoms. The fraction of sp³-hybridized carbons (Fsp3) is 0.125. The van der Waals surface area contributed by atoms with Gasteiger partial charge in [0.1, 0.15) is 0 Å². The molecule has 0 spiro atoms. The largest absolute Gasteiger partial charge is 0.318 e. The Hall–Kier alpha value is -0.730. The molecule has 0 fully saturated rings. The van der Waals surface area contributed by atoms with Gasteiger partial charge in [-0.2, -0.15) is 0 Å². The first-order chi connectivity index (χ1) is 5.59. The summed E-state index contributed by atoms with van der Waals surface area (Å²) in [7, 11) is 0. The van der Waals surface area contributed by atoms with E-state index in [0.29, 0.717) is 10.7 Å². The van der Waals surface area contributed by atoms with E-state index in [-0.39, 0.29) is 0 Å². The van der Waals surface area contributed by atoms with Crippen LogP contribution in [0.3, 0.4) is 0 Å². The van der Waals surface area contributed by atoms with E-state index in [1.54, 1.807) is 18.2 Å². The molecule has 0 aromatic heterocycles. The third kappa shape index (κ3) is 2.40. The summed E-state index contributed by atoms with van der Waals surface area (Å²) in [6, 6.07) is 5.15. The van der Waals surface area contributed by atoms with Crippen LogP contribution in [0.4, 0.5) is 10.5 Å². The molecule has 0 aliphatic heterocycles. The summed E-state index contributed by atoms with van der Waals surface area (Å²) in [6.45, 7) is 1.85. The van der Waals surface area contributed by atoms with Gasteiger partial charge in [-0.3, -0.25) is 4.79 Å². The van der Waals surface area contributed by atoms with Gasteiger partial charge in [-0.15, -0.1) is 0 Å². The molecule has 0 heterocycles. The van der Waals surface area contributed by atoms with Gasteiger partial charge in [-0.25, -0.2) is 0 Å². The first kappa shape index (κ1) is 9.36. The molecule has 64 valence electrons. The SMILES string of the molecule is Cc1cc(NC(=O)Cl)ccc1Cl. The average molecular weight is 204 g/mol. The van der Waals surface area contributed by atoms with Crippen LogP contribution in [0.1, 0.15) is 5.56 Å². The van der Waals surface area contributed by atoms with Crippen LogP contribution < -0.4 is 5.32 Å². The lowest BCUT2D eigenvalue weighted by Crippen LogP contribution is -2.00. The number of aryl methyl sites for hydroxylation is 1. The molecule has 0 aliphatic carbocycles. The first-order valence-electron chi connectivity index (χ1n) is 3.32. The van der Waals surface area contributed by atoms with Gasteiger partial charge in [0.15, 0.2) is 0 Å². The van der Waals surface area contributed by atoms with Gasteiger partial charge in [0.05, 0.1) is 0 Å². The van der Waals surface area contributed by atoms with Crippen molar-refractivity contribution in [2.75, 3.05) is 5.32 Å². The molecule has 1 amide bonds. The van der Waals surface area contributed by atoms with Crippen molar-refractivity contribution in [2.45, 2.75) is 6.92 Å². The molecule has 0 aliphatic rings. The van der Waals surface area contributed by atoms with Crippen LogP contribution in [0.2, 0.25) is 5.02 Å². The van der Waals surface area contributed by atoms with Gasteiger partial charge in [0, 0.05) is 10.7 Å². The molecule has 1 aromatic rings. The van der Waals surface area contributed by atoms with Crippen molar-refractivity contribution in [1.29, 1.82) is 0 Å². The predicted molar refractivity (Wildman–Crippen MR) is 51.1 cm³/mol.